The van der Waals surface area contributed by atoms with Gasteiger partial charge in [0, 0.05) is 18.2 Å². The third kappa shape index (κ3) is 7.74. The highest BCUT2D eigenvalue weighted by molar-refractivity contribution is 5.88. The Morgan fingerprint density at radius 2 is 1.93 bits per heavy atom. The van der Waals surface area contributed by atoms with Crippen LogP contribution in [0.4, 0.5) is 15.0 Å². The van der Waals surface area contributed by atoms with Gasteiger partial charge in [0.1, 0.15) is 11.4 Å². The van der Waals surface area contributed by atoms with Crippen molar-refractivity contribution in [2.45, 2.75) is 77.9 Å². The second-order valence-corrected chi connectivity index (χ2v) is 11.7. The molecule has 1 aliphatic heterocycles. The number of carbonyl (C=O) groups excluding carboxylic acids is 3. The van der Waals surface area contributed by atoms with Gasteiger partial charge in [0.2, 0.25) is 5.91 Å². The Bertz CT molecular complexity index is 1270. The quantitative estimate of drug-likeness (QED) is 0.409. The summed E-state index contributed by atoms with van der Waals surface area (Å²) in [6, 6.07) is 7.70. The first-order valence-electron chi connectivity index (χ1n) is 14.3. The minimum atomic E-state index is -0.720. The van der Waals surface area contributed by atoms with E-state index >= 15 is 0 Å². The van der Waals surface area contributed by atoms with Gasteiger partial charge in [-0.15, -0.1) is 0 Å². The van der Waals surface area contributed by atoms with E-state index in [9.17, 15) is 18.8 Å². The fourth-order valence-corrected chi connectivity index (χ4v) is 5.33. The molecule has 1 aliphatic carbocycles. The van der Waals surface area contributed by atoms with Crippen molar-refractivity contribution in [3.63, 3.8) is 0 Å². The Labute approximate surface area is 240 Å². The van der Waals surface area contributed by atoms with E-state index in [1.807, 2.05) is 32.9 Å². The van der Waals surface area contributed by atoms with E-state index in [-0.39, 0.29) is 36.5 Å². The van der Waals surface area contributed by atoms with E-state index in [1.54, 1.807) is 17.9 Å². The maximum Gasteiger partial charge on any atom is 0.416 e. The van der Waals surface area contributed by atoms with Gasteiger partial charge in [0.15, 0.2) is 11.6 Å². The van der Waals surface area contributed by atoms with Crippen molar-refractivity contribution in [2.24, 2.45) is 11.8 Å². The van der Waals surface area contributed by atoms with Crippen LogP contribution in [-0.2, 0) is 31.9 Å². The van der Waals surface area contributed by atoms with Crippen molar-refractivity contribution in [2.75, 3.05) is 25.2 Å². The molecule has 1 aromatic carbocycles. The molecule has 222 valence electrons. The summed E-state index contributed by atoms with van der Waals surface area (Å²) >= 11 is 0. The summed E-state index contributed by atoms with van der Waals surface area (Å²) in [5, 5.41) is 2.93. The number of carbonyl (C=O) groups is 3. The van der Waals surface area contributed by atoms with E-state index in [0.29, 0.717) is 37.2 Å². The molecule has 0 bridgehead atoms. The molecule has 2 aromatic rings. The molecule has 4 rings (SSSR count). The van der Waals surface area contributed by atoms with Gasteiger partial charge in [-0.2, -0.15) is 0 Å². The van der Waals surface area contributed by atoms with Crippen LogP contribution in [0.5, 0.6) is 5.75 Å². The Hall–Kier alpha value is -3.69. The summed E-state index contributed by atoms with van der Waals surface area (Å²) < 4.78 is 30.0. The number of esters is 1. The summed E-state index contributed by atoms with van der Waals surface area (Å²) in [6.07, 6.45) is 3.25. The van der Waals surface area contributed by atoms with Crippen LogP contribution in [0.15, 0.2) is 30.3 Å². The number of halogens is 1. The Kier molecular flexibility index (Phi) is 9.50. The van der Waals surface area contributed by atoms with E-state index in [2.05, 4.69) is 5.32 Å². The van der Waals surface area contributed by atoms with Gasteiger partial charge in [-0.05, 0) is 95.0 Å². The normalized spacial score (nSPS) is 18.9. The predicted octanol–water partition coefficient (Wildman–Crippen LogP) is 5.30. The molecule has 1 atom stereocenters. The molecule has 0 saturated heterocycles. The maximum absolute atomic E-state index is 14.4. The first-order chi connectivity index (χ1) is 19.5. The number of ether oxygens (including phenoxy) is 3. The second-order valence-electron chi connectivity index (χ2n) is 11.7. The average molecular weight is 570 g/mol. The smallest absolute Gasteiger partial charge is 0.416 e. The molecule has 2 heterocycles. The Morgan fingerprint density at radius 1 is 1.17 bits per heavy atom. The Morgan fingerprint density at radius 3 is 2.59 bits per heavy atom. The number of hydrogen-bond acceptors (Lipinski definition) is 7. The fraction of sp³-hybridized carbons (Fsp3) is 0.548. The SMILES string of the molecule is CCOC(=O)C[C@H](NC(=O)C1CC(Cc2ccc3c(n2)N(C(=O)OC(C)(C)C)CCC3)C1)c1ccc(OC)c(F)c1. The molecule has 0 spiro atoms. The summed E-state index contributed by atoms with van der Waals surface area (Å²) in [7, 11) is 1.37. The van der Waals surface area contributed by atoms with Crippen molar-refractivity contribution < 1.29 is 33.0 Å². The molecular weight excluding hydrogens is 529 g/mol. The summed E-state index contributed by atoms with van der Waals surface area (Å²) in [6.45, 7) is 8.02. The second kappa shape index (κ2) is 12.9. The molecular formula is C31H40FN3O6. The van der Waals surface area contributed by atoms with Gasteiger partial charge in [0.25, 0.3) is 0 Å². The Balaban J connectivity index is 1.37. The minimum Gasteiger partial charge on any atom is -0.494 e. The number of hydrogen-bond donors (Lipinski definition) is 1. The molecule has 10 heteroatoms. The van der Waals surface area contributed by atoms with E-state index in [4.69, 9.17) is 19.2 Å². The van der Waals surface area contributed by atoms with Crippen molar-refractivity contribution in [3.8, 4) is 5.75 Å². The van der Waals surface area contributed by atoms with Crippen LogP contribution in [-0.4, -0.2) is 48.8 Å². The zero-order valence-electron chi connectivity index (χ0n) is 24.5. The molecule has 1 fully saturated rings. The van der Waals surface area contributed by atoms with Gasteiger partial charge in [-0.25, -0.2) is 14.2 Å². The number of aryl methyl sites for hydroxylation is 1. The number of rotatable bonds is 9. The van der Waals surface area contributed by atoms with Crippen LogP contribution in [0, 0.1) is 17.7 Å². The minimum absolute atomic E-state index is 0.0850. The monoisotopic (exact) mass is 569 g/mol. The largest absolute Gasteiger partial charge is 0.494 e. The number of pyridine rings is 1. The lowest BCUT2D eigenvalue weighted by Crippen LogP contribution is -2.42. The highest BCUT2D eigenvalue weighted by Crippen LogP contribution is 2.38. The van der Waals surface area contributed by atoms with Crippen molar-refractivity contribution in [1.82, 2.24) is 10.3 Å². The number of methoxy groups -OCH3 is 1. The number of anilines is 1. The summed E-state index contributed by atoms with van der Waals surface area (Å²) in [4.78, 5) is 44.6. The molecule has 1 saturated carbocycles. The van der Waals surface area contributed by atoms with Crippen LogP contribution in [0.2, 0.25) is 0 Å². The topological polar surface area (TPSA) is 107 Å². The zero-order valence-corrected chi connectivity index (χ0v) is 24.5. The molecule has 2 aliphatic rings. The molecule has 1 N–H and O–H groups in total. The predicted molar refractivity (Wildman–Crippen MR) is 151 cm³/mol. The summed E-state index contributed by atoms with van der Waals surface area (Å²) in [5.41, 5.74) is 1.77. The van der Waals surface area contributed by atoms with Gasteiger partial charge in [0.05, 0.1) is 26.2 Å². The standard InChI is InChI=1S/C31H40FN3O6/c1-6-40-27(36)18-25(21-10-12-26(39-5)24(32)17-21)34-29(37)22-14-19(15-22)16-23-11-9-20-8-7-13-35(28(20)33-23)30(38)41-31(2,3)4/h9-12,17,19,22,25H,6-8,13-16,18H2,1-5H3,(H,34,37)/t19?,22?,25-/m0/s1. The van der Waals surface area contributed by atoms with Crippen LogP contribution < -0.4 is 15.0 Å². The van der Waals surface area contributed by atoms with Crippen LogP contribution >= 0.6 is 0 Å². The average Bonchev–Trinajstić information content (AvgIpc) is 2.88. The van der Waals surface area contributed by atoms with Crippen LogP contribution in [0.25, 0.3) is 0 Å². The molecule has 2 amide bonds. The van der Waals surface area contributed by atoms with Crippen LogP contribution in [0.1, 0.15) is 76.2 Å². The van der Waals surface area contributed by atoms with Gasteiger partial charge >= 0.3 is 12.1 Å². The lowest BCUT2D eigenvalue weighted by atomic mass is 9.72. The van der Waals surface area contributed by atoms with Crippen molar-refractivity contribution in [1.29, 1.82) is 0 Å². The summed E-state index contributed by atoms with van der Waals surface area (Å²) in [5.74, 6) is -0.437. The number of nitrogens with zero attached hydrogens (tertiary/aromatic N) is 2. The first-order valence-corrected chi connectivity index (χ1v) is 14.3. The highest BCUT2D eigenvalue weighted by Gasteiger charge is 2.36. The van der Waals surface area contributed by atoms with Crippen molar-refractivity contribution in [3.05, 3.63) is 53.0 Å². The van der Waals surface area contributed by atoms with Gasteiger partial charge in [-0.1, -0.05) is 12.1 Å². The third-order valence-electron chi connectivity index (χ3n) is 7.39. The lowest BCUT2D eigenvalue weighted by Gasteiger charge is -2.35. The molecule has 41 heavy (non-hydrogen) atoms. The highest BCUT2D eigenvalue weighted by atomic mass is 19.1. The number of amides is 2. The van der Waals surface area contributed by atoms with E-state index < -0.39 is 29.5 Å². The van der Waals surface area contributed by atoms with Crippen molar-refractivity contribution >= 4 is 23.8 Å². The molecule has 0 unspecified atom stereocenters. The van der Waals surface area contributed by atoms with E-state index in [1.165, 1.54) is 19.2 Å². The van der Waals surface area contributed by atoms with Gasteiger partial charge < -0.3 is 19.5 Å². The molecule has 0 radical (unpaired) electrons. The number of nitrogens with one attached hydrogen (secondary N) is 1. The first kappa shape index (κ1) is 30.3. The maximum atomic E-state index is 14.4. The molecule has 1 aromatic heterocycles. The van der Waals surface area contributed by atoms with E-state index in [0.717, 1.165) is 24.1 Å². The fourth-order valence-electron chi connectivity index (χ4n) is 5.33. The molecule has 9 nitrogen and oxygen atoms in total. The zero-order chi connectivity index (χ0) is 29.7. The number of aromatic nitrogens is 1. The third-order valence-corrected chi connectivity index (χ3v) is 7.39. The number of benzene rings is 1. The van der Waals surface area contributed by atoms with Gasteiger partial charge in [-0.3, -0.25) is 14.5 Å². The van der Waals surface area contributed by atoms with Crippen LogP contribution in [0.3, 0.4) is 0 Å². The number of fused-ring (bicyclic) bond motifs is 1. The lowest BCUT2D eigenvalue weighted by molar-refractivity contribution is -0.144.